The molecule has 0 saturated carbocycles. The largest absolute Gasteiger partial charge is 0.479 e. The Morgan fingerprint density at radius 3 is 2.70 bits per heavy atom. The molecule has 8 nitrogen and oxygen atoms in total. The Labute approximate surface area is 118 Å². The van der Waals surface area contributed by atoms with Gasteiger partial charge in [-0.15, -0.1) is 11.8 Å². The lowest BCUT2D eigenvalue weighted by Crippen LogP contribution is -2.32. The van der Waals surface area contributed by atoms with Crippen LogP contribution in [0.25, 0.3) is 0 Å². The van der Waals surface area contributed by atoms with E-state index in [4.69, 9.17) is 10.2 Å². The van der Waals surface area contributed by atoms with E-state index >= 15 is 0 Å². The predicted molar refractivity (Wildman–Crippen MR) is 72.0 cm³/mol. The van der Waals surface area contributed by atoms with E-state index in [1.165, 1.54) is 0 Å². The van der Waals surface area contributed by atoms with Crippen LogP contribution in [0.15, 0.2) is 9.82 Å². The summed E-state index contributed by atoms with van der Waals surface area (Å²) in [5.41, 5.74) is 0.0808. The molecule has 0 aromatic carbocycles. The van der Waals surface area contributed by atoms with E-state index in [1.54, 1.807) is 13.2 Å². The van der Waals surface area contributed by atoms with Crippen molar-refractivity contribution in [3.05, 3.63) is 21.7 Å². The normalized spacial score (nSPS) is 11.9. The monoisotopic (exact) mass is 301 g/mol. The molecule has 20 heavy (non-hydrogen) atoms. The first kappa shape index (κ1) is 16.2. The zero-order chi connectivity index (χ0) is 15.3. The number of aliphatic hydroxyl groups excluding tert-OH is 1. The fraction of sp³-hybridized carbons (Fsp3) is 0.455. The molecule has 0 aliphatic heterocycles. The van der Waals surface area contributed by atoms with Gasteiger partial charge in [0, 0.05) is 18.7 Å². The van der Waals surface area contributed by atoms with Crippen molar-refractivity contribution in [3.63, 3.8) is 0 Å². The molecule has 110 valence electrons. The number of aliphatic carboxylic acids is 1. The summed E-state index contributed by atoms with van der Waals surface area (Å²) in [6.45, 7) is 1.57. The topological polar surface area (TPSA) is 132 Å². The number of carboxylic acids is 1. The second-order valence-corrected chi connectivity index (χ2v) is 4.74. The molecule has 9 heteroatoms. The molecule has 0 fully saturated rings. The summed E-state index contributed by atoms with van der Waals surface area (Å²) < 4.78 is 0. The number of thioether (sulfide) groups is 1. The first-order valence-corrected chi connectivity index (χ1v) is 6.93. The average molecular weight is 301 g/mol. The number of amides is 1. The van der Waals surface area contributed by atoms with Crippen LogP contribution >= 0.6 is 11.8 Å². The first-order valence-electron chi connectivity index (χ1n) is 5.70. The van der Waals surface area contributed by atoms with Gasteiger partial charge in [-0.2, -0.15) is 4.98 Å². The van der Waals surface area contributed by atoms with Crippen molar-refractivity contribution in [2.45, 2.75) is 24.5 Å². The van der Waals surface area contributed by atoms with Gasteiger partial charge in [-0.3, -0.25) is 4.79 Å². The fourth-order valence-corrected chi connectivity index (χ4v) is 2.13. The molecule has 0 unspecified atom stereocenters. The summed E-state index contributed by atoms with van der Waals surface area (Å²) in [4.78, 5) is 39.7. The van der Waals surface area contributed by atoms with E-state index < -0.39 is 23.7 Å². The van der Waals surface area contributed by atoms with Crippen LogP contribution in [0, 0.1) is 6.92 Å². The molecular formula is C11H15N3O5S. The lowest BCUT2D eigenvalue weighted by Gasteiger charge is -2.11. The number of aromatic amines is 1. The number of aromatic nitrogens is 2. The number of nitrogens with one attached hydrogen (secondary N) is 2. The Balaban J connectivity index is 2.78. The molecule has 0 saturated heterocycles. The Morgan fingerprint density at radius 2 is 2.15 bits per heavy atom. The standard InChI is InChI=1S/C11H15N3O5S/c1-5-7(9(20-2)14-11(19)13-5)8(16)12-4-3-6(15)10(17)18/h6,15H,3-4H2,1-2H3,(H,12,16)(H,17,18)(H,13,14,19)/t6-/m0/s1. The van der Waals surface area contributed by atoms with Crippen LogP contribution in [-0.2, 0) is 4.79 Å². The minimum absolute atomic E-state index is 0.00130. The van der Waals surface area contributed by atoms with Crippen LogP contribution in [0.3, 0.4) is 0 Å². The van der Waals surface area contributed by atoms with Gasteiger partial charge in [-0.25, -0.2) is 9.59 Å². The van der Waals surface area contributed by atoms with Crippen LogP contribution in [0.2, 0.25) is 0 Å². The minimum atomic E-state index is -1.52. The van der Waals surface area contributed by atoms with Crippen molar-refractivity contribution < 1.29 is 19.8 Å². The number of nitrogens with zero attached hydrogens (tertiary/aromatic N) is 1. The van der Waals surface area contributed by atoms with Crippen molar-refractivity contribution in [1.29, 1.82) is 0 Å². The average Bonchev–Trinajstić information content (AvgIpc) is 2.36. The highest BCUT2D eigenvalue weighted by Crippen LogP contribution is 2.17. The lowest BCUT2D eigenvalue weighted by atomic mass is 10.2. The third kappa shape index (κ3) is 4.07. The van der Waals surface area contributed by atoms with Gasteiger partial charge in [-0.05, 0) is 13.2 Å². The van der Waals surface area contributed by atoms with Crippen LogP contribution in [0.5, 0.6) is 0 Å². The molecule has 0 spiro atoms. The van der Waals surface area contributed by atoms with E-state index in [0.717, 1.165) is 11.8 Å². The summed E-state index contributed by atoms with van der Waals surface area (Å²) in [6.07, 6.45) is 0.0580. The smallest absolute Gasteiger partial charge is 0.346 e. The quantitative estimate of drug-likeness (QED) is 0.406. The molecule has 0 radical (unpaired) electrons. The second kappa shape index (κ2) is 7.06. The summed E-state index contributed by atoms with van der Waals surface area (Å²) in [6, 6.07) is 0. The molecule has 1 heterocycles. The number of hydrogen-bond donors (Lipinski definition) is 4. The van der Waals surface area contributed by atoms with Crippen molar-refractivity contribution in [3.8, 4) is 0 Å². The molecule has 1 aromatic heterocycles. The first-order chi connectivity index (χ1) is 9.36. The van der Waals surface area contributed by atoms with Gasteiger partial charge in [0.1, 0.15) is 5.03 Å². The van der Waals surface area contributed by atoms with E-state index in [2.05, 4.69) is 15.3 Å². The van der Waals surface area contributed by atoms with Gasteiger partial charge in [0.05, 0.1) is 5.56 Å². The highest BCUT2D eigenvalue weighted by molar-refractivity contribution is 7.98. The third-order valence-corrected chi connectivity index (χ3v) is 3.18. The number of carboxylic acid groups (broad SMARTS) is 1. The molecule has 0 bridgehead atoms. The molecular weight excluding hydrogens is 286 g/mol. The van der Waals surface area contributed by atoms with Crippen LogP contribution < -0.4 is 11.0 Å². The van der Waals surface area contributed by atoms with Crippen molar-refractivity contribution >= 4 is 23.6 Å². The molecule has 1 aromatic rings. The fourth-order valence-electron chi connectivity index (χ4n) is 1.51. The number of carbonyl (C=O) groups excluding carboxylic acids is 1. The minimum Gasteiger partial charge on any atom is -0.479 e. The second-order valence-electron chi connectivity index (χ2n) is 3.95. The maximum absolute atomic E-state index is 12.0. The SMILES string of the molecule is CSc1nc(=O)[nH]c(C)c1C(=O)NCC[C@H](O)C(=O)O. The maximum atomic E-state index is 12.0. The molecule has 0 aliphatic rings. The van der Waals surface area contributed by atoms with Crippen LogP contribution in [-0.4, -0.2) is 51.0 Å². The Hall–Kier alpha value is -1.87. The highest BCUT2D eigenvalue weighted by atomic mass is 32.2. The summed E-state index contributed by atoms with van der Waals surface area (Å²) >= 11 is 1.16. The van der Waals surface area contributed by atoms with E-state index in [0.29, 0.717) is 10.7 Å². The van der Waals surface area contributed by atoms with E-state index in [-0.39, 0.29) is 18.5 Å². The molecule has 0 aliphatic carbocycles. The van der Waals surface area contributed by atoms with E-state index in [9.17, 15) is 14.4 Å². The zero-order valence-electron chi connectivity index (χ0n) is 11.0. The molecule has 1 atom stereocenters. The van der Waals surface area contributed by atoms with Gasteiger partial charge in [-0.1, -0.05) is 0 Å². The summed E-state index contributed by atoms with van der Waals surface area (Å²) in [5.74, 6) is -1.82. The van der Waals surface area contributed by atoms with Crippen molar-refractivity contribution in [2.24, 2.45) is 0 Å². The summed E-state index contributed by atoms with van der Waals surface area (Å²) in [7, 11) is 0. The number of carbonyl (C=O) groups is 2. The summed E-state index contributed by atoms with van der Waals surface area (Å²) in [5, 5.41) is 20.4. The lowest BCUT2D eigenvalue weighted by molar-refractivity contribution is -0.146. The van der Waals surface area contributed by atoms with Gasteiger partial charge in [0.15, 0.2) is 6.10 Å². The van der Waals surface area contributed by atoms with Crippen molar-refractivity contribution in [1.82, 2.24) is 15.3 Å². The van der Waals surface area contributed by atoms with Gasteiger partial charge < -0.3 is 20.5 Å². The number of H-pyrrole nitrogens is 1. The number of hydrogen-bond acceptors (Lipinski definition) is 6. The number of aryl methyl sites for hydroxylation is 1. The van der Waals surface area contributed by atoms with E-state index in [1.807, 2.05) is 0 Å². The van der Waals surface area contributed by atoms with Crippen LogP contribution in [0.4, 0.5) is 0 Å². The van der Waals surface area contributed by atoms with Gasteiger partial charge in [0.25, 0.3) is 5.91 Å². The third-order valence-electron chi connectivity index (χ3n) is 2.50. The maximum Gasteiger partial charge on any atom is 0.346 e. The Bertz CT molecular complexity index is 572. The molecule has 1 amide bonds. The van der Waals surface area contributed by atoms with Gasteiger partial charge in [0.2, 0.25) is 0 Å². The van der Waals surface area contributed by atoms with Crippen molar-refractivity contribution in [2.75, 3.05) is 12.8 Å². The number of aliphatic hydroxyl groups is 1. The molecule has 4 N–H and O–H groups in total. The Kier molecular flexibility index (Phi) is 5.71. The number of rotatable bonds is 6. The zero-order valence-corrected chi connectivity index (χ0v) is 11.8. The molecule has 1 rings (SSSR count). The predicted octanol–water partition coefficient (Wildman–Crippen LogP) is -0.634. The highest BCUT2D eigenvalue weighted by Gasteiger charge is 2.18. The van der Waals surface area contributed by atoms with Crippen LogP contribution in [0.1, 0.15) is 22.5 Å². The Morgan fingerprint density at radius 1 is 1.50 bits per heavy atom. The van der Waals surface area contributed by atoms with Gasteiger partial charge >= 0.3 is 11.7 Å².